The molecule has 3 aromatic rings. The Hall–Kier alpha value is -2.24. The second-order valence-electron chi connectivity index (χ2n) is 6.53. The highest BCUT2D eigenvalue weighted by Gasteiger charge is 2.13. The maximum absolute atomic E-state index is 10.3. The van der Waals surface area contributed by atoms with Crippen LogP contribution in [-0.4, -0.2) is 18.8 Å². The molecule has 0 aliphatic heterocycles. The quantitative estimate of drug-likeness (QED) is 0.475. The van der Waals surface area contributed by atoms with Gasteiger partial charge >= 0.3 is 0 Å². The molecule has 6 heteroatoms. The summed E-state index contributed by atoms with van der Waals surface area (Å²) in [6.45, 7) is 1.21. The zero-order chi connectivity index (χ0) is 20.6. The van der Waals surface area contributed by atoms with Gasteiger partial charge in [0, 0.05) is 34.8 Å². The van der Waals surface area contributed by atoms with Crippen LogP contribution < -0.4 is 14.8 Å². The van der Waals surface area contributed by atoms with E-state index in [4.69, 9.17) is 32.7 Å². The van der Waals surface area contributed by atoms with Crippen LogP contribution in [0, 0.1) is 0 Å². The molecule has 0 aromatic heterocycles. The van der Waals surface area contributed by atoms with E-state index in [0.29, 0.717) is 41.2 Å². The van der Waals surface area contributed by atoms with Gasteiger partial charge in [-0.25, -0.2) is 0 Å². The Morgan fingerprint density at radius 1 is 0.897 bits per heavy atom. The molecule has 0 heterocycles. The van der Waals surface area contributed by atoms with Crippen LogP contribution in [0.3, 0.4) is 0 Å². The van der Waals surface area contributed by atoms with Crippen LogP contribution in [-0.2, 0) is 13.2 Å². The molecule has 0 aliphatic rings. The van der Waals surface area contributed by atoms with E-state index in [2.05, 4.69) is 5.32 Å². The molecule has 2 N–H and O–H groups in total. The zero-order valence-electron chi connectivity index (χ0n) is 16.1. The minimum absolute atomic E-state index is 0.313. The van der Waals surface area contributed by atoms with Crippen LogP contribution in [0.5, 0.6) is 11.5 Å². The van der Waals surface area contributed by atoms with Crippen LogP contribution in [0.25, 0.3) is 0 Å². The Labute approximate surface area is 181 Å². The highest BCUT2D eigenvalue weighted by molar-refractivity contribution is 6.31. The maximum Gasteiger partial charge on any atom is 0.163 e. The van der Waals surface area contributed by atoms with Gasteiger partial charge in [0.2, 0.25) is 0 Å². The molecule has 4 nitrogen and oxygen atoms in total. The first-order valence-electron chi connectivity index (χ1n) is 9.25. The largest absolute Gasteiger partial charge is 0.493 e. The first kappa shape index (κ1) is 21.5. The van der Waals surface area contributed by atoms with Crippen molar-refractivity contribution in [3.05, 3.63) is 93.5 Å². The molecule has 0 radical (unpaired) electrons. The monoisotopic (exact) mass is 431 g/mol. The summed E-state index contributed by atoms with van der Waals surface area (Å²) in [7, 11) is 1.59. The number of aliphatic hydroxyl groups is 1. The van der Waals surface area contributed by atoms with Crippen molar-refractivity contribution in [3.63, 3.8) is 0 Å². The van der Waals surface area contributed by atoms with Gasteiger partial charge in [-0.05, 0) is 23.3 Å². The highest BCUT2D eigenvalue weighted by atomic mass is 35.5. The Bertz CT molecular complexity index is 935. The molecule has 3 rings (SSSR count). The van der Waals surface area contributed by atoms with Crippen molar-refractivity contribution < 1.29 is 14.6 Å². The fourth-order valence-corrected chi connectivity index (χ4v) is 3.30. The van der Waals surface area contributed by atoms with Crippen LogP contribution >= 0.6 is 23.2 Å². The van der Waals surface area contributed by atoms with Crippen molar-refractivity contribution in [2.24, 2.45) is 0 Å². The van der Waals surface area contributed by atoms with E-state index in [0.717, 1.165) is 16.7 Å². The normalized spacial score (nSPS) is 11.9. The zero-order valence-corrected chi connectivity index (χ0v) is 17.6. The number of nitrogens with one attached hydrogen (secondary N) is 1. The molecule has 0 aliphatic carbocycles. The maximum atomic E-state index is 10.3. The van der Waals surface area contributed by atoms with E-state index < -0.39 is 6.10 Å². The van der Waals surface area contributed by atoms with Gasteiger partial charge in [-0.2, -0.15) is 0 Å². The third-order valence-corrected chi connectivity index (χ3v) is 5.23. The topological polar surface area (TPSA) is 50.7 Å². The molecule has 1 atom stereocenters. The fraction of sp³-hybridized carbons (Fsp3) is 0.217. The van der Waals surface area contributed by atoms with Gasteiger partial charge in [0.25, 0.3) is 0 Å². The lowest BCUT2D eigenvalue weighted by Gasteiger charge is -2.16. The van der Waals surface area contributed by atoms with Gasteiger partial charge < -0.3 is 19.9 Å². The van der Waals surface area contributed by atoms with E-state index in [-0.39, 0.29) is 0 Å². The summed E-state index contributed by atoms with van der Waals surface area (Å²) in [5, 5.41) is 14.7. The molecule has 0 saturated carbocycles. The Morgan fingerprint density at radius 3 is 2.34 bits per heavy atom. The number of hydrogen-bond donors (Lipinski definition) is 2. The summed E-state index contributed by atoms with van der Waals surface area (Å²) in [4.78, 5) is 0. The highest BCUT2D eigenvalue weighted by Crippen LogP contribution is 2.34. The van der Waals surface area contributed by atoms with Gasteiger partial charge in [0.05, 0.1) is 13.2 Å². The van der Waals surface area contributed by atoms with Crippen molar-refractivity contribution in [1.82, 2.24) is 5.32 Å². The minimum Gasteiger partial charge on any atom is -0.493 e. The molecule has 29 heavy (non-hydrogen) atoms. The third-order valence-electron chi connectivity index (χ3n) is 4.51. The van der Waals surface area contributed by atoms with Gasteiger partial charge in [0.1, 0.15) is 6.61 Å². The SMILES string of the molecule is COc1cc(CNCC(O)c2ccccc2)c(Cl)cc1OCc1ccccc1Cl. The van der Waals surface area contributed by atoms with Crippen LogP contribution in [0.2, 0.25) is 10.0 Å². The molecule has 0 saturated heterocycles. The Kier molecular flexibility index (Phi) is 7.78. The lowest BCUT2D eigenvalue weighted by molar-refractivity contribution is 0.174. The van der Waals surface area contributed by atoms with Crippen molar-refractivity contribution in [2.75, 3.05) is 13.7 Å². The summed E-state index contributed by atoms with van der Waals surface area (Å²) < 4.78 is 11.3. The van der Waals surface area contributed by atoms with Crippen LogP contribution in [0.4, 0.5) is 0 Å². The summed E-state index contributed by atoms with van der Waals surface area (Å²) in [5.74, 6) is 1.13. The first-order chi connectivity index (χ1) is 14.1. The van der Waals surface area contributed by atoms with Gasteiger partial charge in [-0.1, -0.05) is 71.7 Å². The van der Waals surface area contributed by atoms with Gasteiger partial charge in [-0.15, -0.1) is 0 Å². The summed E-state index contributed by atoms with van der Waals surface area (Å²) in [6.07, 6.45) is -0.588. The van der Waals surface area contributed by atoms with Gasteiger partial charge in [0.15, 0.2) is 11.5 Å². The molecule has 0 amide bonds. The van der Waals surface area contributed by atoms with Gasteiger partial charge in [-0.3, -0.25) is 0 Å². The molecule has 0 fully saturated rings. The molecule has 3 aromatic carbocycles. The number of halogens is 2. The smallest absolute Gasteiger partial charge is 0.163 e. The van der Waals surface area contributed by atoms with Crippen molar-refractivity contribution in [2.45, 2.75) is 19.3 Å². The van der Waals surface area contributed by atoms with Crippen molar-refractivity contribution in [3.8, 4) is 11.5 Å². The van der Waals surface area contributed by atoms with E-state index >= 15 is 0 Å². The molecule has 0 spiro atoms. The number of ether oxygens (including phenoxy) is 2. The molecule has 1 unspecified atom stereocenters. The third kappa shape index (κ3) is 5.87. The average Bonchev–Trinajstić information content (AvgIpc) is 2.75. The fourth-order valence-electron chi connectivity index (χ4n) is 2.89. The summed E-state index contributed by atoms with van der Waals surface area (Å²) >= 11 is 12.6. The summed E-state index contributed by atoms with van der Waals surface area (Å²) in [5.41, 5.74) is 2.61. The predicted molar refractivity (Wildman–Crippen MR) is 117 cm³/mol. The second-order valence-corrected chi connectivity index (χ2v) is 7.35. The number of methoxy groups -OCH3 is 1. The molecule has 152 valence electrons. The Balaban J connectivity index is 1.62. The number of rotatable bonds is 9. The number of benzene rings is 3. The number of hydrogen-bond acceptors (Lipinski definition) is 4. The van der Waals surface area contributed by atoms with Crippen LogP contribution in [0.1, 0.15) is 22.8 Å². The number of aliphatic hydroxyl groups excluding tert-OH is 1. The van der Waals surface area contributed by atoms with Crippen molar-refractivity contribution in [1.29, 1.82) is 0 Å². The summed E-state index contributed by atoms with van der Waals surface area (Å²) in [6, 6.07) is 20.6. The predicted octanol–water partition coefficient (Wildman–Crippen LogP) is 5.40. The van der Waals surface area contributed by atoms with Crippen molar-refractivity contribution >= 4 is 23.2 Å². The van der Waals surface area contributed by atoms with E-state index in [1.807, 2.05) is 60.7 Å². The van der Waals surface area contributed by atoms with E-state index in [9.17, 15) is 5.11 Å². The lowest BCUT2D eigenvalue weighted by Crippen LogP contribution is -2.21. The Morgan fingerprint density at radius 2 is 1.62 bits per heavy atom. The standard InChI is InChI=1S/C23H23Cl2NO3/c1-28-22-11-18(13-26-14-21(27)16-7-3-2-4-8-16)20(25)12-23(22)29-15-17-9-5-6-10-19(17)24/h2-12,21,26-27H,13-15H2,1H3. The minimum atomic E-state index is -0.588. The van der Waals surface area contributed by atoms with Crippen LogP contribution in [0.15, 0.2) is 66.7 Å². The molecule has 0 bridgehead atoms. The van der Waals surface area contributed by atoms with E-state index in [1.165, 1.54) is 0 Å². The first-order valence-corrected chi connectivity index (χ1v) is 10.0. The molecular formula is C23H23Cl2NO3. The average molecular weight is 432 g/mol. The lowest BCUT2D eigenvalue weighted by atomic mass is 10.1. The molecular weight excluding hydrogens is 409 g/mol. The van der Waals surface area contributed by atoms with E-state index in [1.54, 1.807) is 13.2 Å². The second kappa shape index (κ2) is 10.5.